The van der Waals surface area contributed by atoms with Crippen LogP contribution < -0.4 is 0 Å². The van der Waals surface area contributed by atoms with E-state index < -0.39 is 11.5 Å². The van der Waals surface area contributed by atoms with Crippen molar-refractivity contribution in [2.45, 2.75) is 26.3 Å². The average molecular weight is 197 g/mol. The standard InChI is InChI=1S/C10H15NO3/c1-7-4-8(2)9(6-12)10(3,5-7)11(13)14/h4-5,9,12H,6H2,1-3H3. The molecule has 0 spiro atoms. The number of aliphatic hydroxyl groups is 1. The van der Waals surface area contributed by atoms with Crippen LogP contribution in [0.25, 0.3) is 0 Å². The Morgan fingerprint density at radius 3 is 2.64 bits per heavy atom. The Hall–Kier alpha value is -1.16. The molecule has 4 heteroatoms. The van der Waals surface area contributed by atoms with Crippen LogP contribution >= 0.6 is 0 Å². The van der Waals surface area contributed by atoms with Crippen LogP contribution in [0.3, 0.4) is 0 Å². The van der Waals surface area contributed by atoms with Gasteiger partial charge in [0.05, 0.1) is 12.5 Å². The number of hydrogen-bond acceptors (Lipinski definition) is 3. The van der Waals surface area contributed by atoms with Gasteiger partial charge in [-0.15, -0.1) is 0 Å². The molecule has 1 aliphatic rings. The molecule has 2 unspecified atom stereocenters. The third-order valence-electron chi connectivity index (χ3n) is 2.81. The Kier molecular flexibility index (Phi) is 2.76. The second-order valence-corrected chi connectivity index (χ2v) is 3.99. The molecule has 4 nitrogen and oxygen atoms in total. The van der Waals surface area contributed by atoms with E-state index in [1.807, 2.05) is 19.9 Å². The van der Waals surface area contributed by atoms with Gasteiger partial charge in [-0.1, -0.05) is 11.6 Å². The van der Waals surface area contributed by atoms with Gasteiger partial charge >= 0.3 is 0 Å². The Morgan fingerprint density at radius 2 is 2.21 bits per heavy atom. The second kappa shape index (κ2) is 3.53. The van der Waals surface area contributed by atoms with E-state index in [2.05, 4.69) is 0 Å². The summed E-state index contributed by atoms with van der Waals surface area (Å²) in [6.45, 7) is 5.01. The minimum absolute atomic E-state index is 0.191. The molecule has 1 aliphatic carbocycles. The summed E-state index contributed by atoms with van der Waals surface area (Å²) < 4.78 is 0. The maximum absolute atomic E-state index is 11.0. The van der Waals surface area contributed by atoms with Crippen LogP contribution in [0.2, 0.25) is 0 Å². The van der Waals surface area contributed by atoms with E-state index >= 15 is 0 Å². The van der Waals surface area contributed by atoms with E-state index in [0.717, 1.165) is 11.1 Å². The molecule has 0 saturated carbocycles. The molecular weight excluding hydrogens is 182 g/mol. The lowest BCUT2D eigenvalue weighted by molar-refractivity contribution is -0.559. The largest absolute Gasteiger partial charge is 0.395 e. The van der Waals surface area contributed by atoms with Crippen molar-refractivity contribution in [1.82, 2.24) is 0 Å². The first-order chi connectivity index (χ1) is 6.41. The molecule has 0 bridgehead atoms. The maximum Gasteiger partial charge on any atom is 0.246 e. The maximum atomic E-state index is 11.0. The number of nitro groups is 1. The summed E-state index contributed by atoms with van der Waals surface area (Å²) in [5, 5.41) is 20.1. The molecule has 0 radical (unpaired) electrons. The molecule has 0 aromatic heterocycles. The van der Waals surface area contributed by atoms with Crippen molar-refractivity contribution in [1.29, 1.82) is 0 Å². The number of hydrogen-bond donors (Lipinski definition) is 1. The van der Waals surface area contributed by atoms with Crippen LogP contribution in [0.15, 0.2) is 23.3 Å². The highest BCUT2D eigenvalue weighted by molar-refractivity contribution is 5.33. The van der Waals surface area contributed by atoms with Crippen molar-refractivity contribution in [3.63, 3.8) is 0 Å². The van der Waals surface area contributed by atoms with Gasteiger partial charge in [0.15, 0.2) is 0 Å². The highest BCUT2D eigenvalue weighted by Crippen LogP contribution is 2.34. The number of nitrogens with zero attached hydrogens (tertiary/aromatic N) is 1. The summed E-state index contributed by atoms with van der Waals surface area (Å²) >= 11 is 0. The van der Waals surface area contributed by atoms with Crippen molar-refractivity contribution in [3.8, 4) is 0 Å². The summed E-state index contributed by atoms with van der Waals surface area (Å²) in [4.78, 5) is 10.6. The minimum atomic E-state index is -1.17. The third-order valence-corrected chi connectivity index (χ3v) is 2.81. The summed E-state index contributed by atoms with van der Waals surface area (Å²) in [5.74, 6) is -0.416. The summed E-state index contributed by atoms with van der Waals surface area (Å²) in [6, 6.07) is 0. The smallest absolute Gasteiger partial charge is 0.246 e. The monoisotopic (exact) mass is 197 g/mol. The zero-order valence-corrected chi connectivity index (χ0v) is 8.65. The normalized spacial score (nSPS) is 32.1. The SMILES string of the molecule is CC1=CC(C)([N+](=O)[O-])C(CO)C(C)=C1. The fourth-order valence-electron chi connectivity index (χ4n) is 2.03. The van der Waals surface area contributed by atoms with Gasteiger partial charge < -0.3 is 5.11 Å². The van der Waals surface area contributed by atoms with Crippen molar-refractivity contribution in [3.05, 3.63) is 33.4 Å². The van der Waals surface area contributed by atoms with E-state index in [0.29, 0.717) is 0 Å². The first-order valence-corrected chi connectivity index (χ1v) is 4.55. The van der Waals surface area contributed by atoms with Crippen molar-refractivity contribution in [2.24, 2.45) is 5.92 Å². The molecule has 2 atom stereocenters. The second-order valence-electron chi connectivity index (χ2n) is 3.99. The highest BCUT2D eigenvalue weighted by atomic mass is 16.6. The molecular formula is C10H15NO3. The highest BCUT2D eigenvalue weighted by Gasteiger charge is 2.45. The van der Waals surface area contributed by atoms with Gasteiger partial charge in [-0.05, 0) is 25.5 Å². The molecule has 14 heavy (non-hydrogen) atoms. The van der Waals surface area contributed by atoms with Gasteiger partial charge in [0.25, 0.3) is 0 Å². The van der Waals surface area contributed by atoms with Gasteiger partial charge in [0.2, 0.25) is 5.54 Å². The number of aliphatic hydroxyl groups excluding tert-OH is 1. The van der Waals surface area contributed by atoms with Crippen molar-refractivity contribution in [2.75, 3.05) is 6.61 Å². The molecule has 0 amide bonds. The van der Waals surface area contributed by atoms with E-state index in [4.69, 9.17) is 5.11 Å². The fourth-order valence-corrected chi connectivity index (χ4v) is 2.03. The van der Waals surface area contributed by atoms with Crippen LogP contribution in [0.5, 0.6) is 0 Å². The van der Waals surface area contributed by atoms with Crippen LogP contribution in [0.1, 0.15) is 20.8 Å². The minimum Gasteiger partial charge on any atom is -0.395 e. The first kappa shape index (κ1) is 10.9. The fraction of sp³-hybridized carbons (Fsp3) is 0.600. The predicted molar refractivity (Wildman–Crippen MR) is 53.5 cm³/mol. The van der Waals surface area contributed by atoms with Gasteiger partial charge in [0, 0.05) is 11.8 Å². The molecule has 0 aliphatic heterocycles. The summed E-state index contributed by atoms with van der Waals surface area (Å²) in [5.41, 5.74) is 0.579. The van der Waals surface area contributed by atoms with Crippen LogP contribution in [-0.4, -0.2) is 22.2 Å². The van der Waals surface area contributed by atoms with E-state index in [1.165, 1.54) is 0 Å². The van der Waals surface area contributed by atoms with Crippen molar-refractivity contribution < 1.29 is 10.0 Å². The molecule has 0 aromatic rings. The molecule has 0 aromatic carbocycles. The van der Waals surface area contributed by atoms with Crippen LogP contribution in [-0.2, 0) is 0 Å². The van der Waals surface area contributed by atoms with Gasteiger partial charge in [0.1, 0.15) is 0 Å². The van der Waals surface area contributed by atoms with Crippen LogP contribution in [0.4, 0.5) is 0 Å². The lowest BCUT2D eigenvalue weighted by Crippen LogP contribution is -2.44. The van der Waals surface area contributed by atoms with E-state index in [9.17, 15) is 10.1 Å². The van der Waals surface area contributed by atoms with Crippen LogP contribution in [0, 0.1) is 16.0 Å². The molecule has 0 heterocycles. The molecule has 0 saturated heterocycles. The van der Waals surface area contributed by atoms with E-state index in [-0.39, 0.29) is 11.5 Å². The van der Waals surface area contributed by atoms with Gasteiger partial charge in [-0.3, -0.25) is 10.1 Å². The van der Waals surface area contributed by atoms with Gasteiger partial charge in [-0.2, -0.15) is 0 Å². The zero-order valence-electron chi connectivity index (χ0n) is 8.65. The Bertz CT molecular complexity index is 319. The molecule has 1 N–H and O–H groups in total. The first-order valence-electron chi connectivity index (χ1n) is 4.55. The number of allylic oxidation sites excluding steroid dienone is 2. The molecule has 0 fully saturated rings. The Balaban J connectivity index is 3.18. The summed E-state index contributed by atoms with van der Waals surface area (Å²) in [7, 11) is 0. The van der Waals surface area contributed by atoms with Gasteiger partial charge in [-0.25, -0.2) is 0 Å². The molecule has 78 valence electrons. The lowest BCUT2D eigenvalue weighted by atomic mass is 9.76. The van der Waals surface area contributed by atoms with E-state index in [1.54, 1.807) is 13.0 Å². The quantitative estimate of drug-likeness (QED) is 0.539. The lowest BCUT2D eigenvalue weighted by Gasteiger charge is -2.30. The third kappa shape index (κ3) is 1.57. The Morgan fingerprint density at radius 1 is 1.64 bits per heavy atom. The molecule has 1 rings (SSSR count). The zero-order chi connectivity index (χ0) is 10.9. The summed E-state index contributed by atoms with van der Waals surface area (Å²) in [6.07, 6.45) is 3.49. The predicted octanol–water partition coefficient (Wildman–Crippen LogP) is 1.54. The van der Waals surface area contributed by atoms with Crippen molar-refractivity contribution >= 4 is 0 Å². The number of rotatable bonds is 2. The Labute approximate surface area is 83.1 Å². The average Bonchev–Trinajstić information content (AvgIpc) is 2.02. The topological polar surface area (TPSA) is 63.4 Å².